The van der Waals surface area contributed by atoms with Crippen molar-refractivity contribution in [2.75, 3.05) is 18.6 Å². The van der Waals surface area contributed by atoms with E-state index in [4.69, 9.17) is 4.74 Å². The van der Waals surface area contributed by atoms with Crippen LogP contribution < -0.4 is 9.64 Å². The molecule has 0 aliphatic carbocycles. The van der Waals surface area contributed by atoms with Crippen LogP contribution in [0.1, 0.15) is 10.4 Å². The van der Waals surface area contributed by atoms with Gasteiger partial charge in [0.15, 0.2) is 5.13 Å². The van der Waals surface area contributed by atoms with Gasteiger partial charge in [-0.25, -0.2) is 9.37 Å². The molecular weight excluding hydrogens is 427 g/mol. The molecule has 1 amide bonds. The van der Waals surface area contributed by atoms with Crippen LogP contribution in [0.3, 0.4) is 0 Å². The Morgan fingerprint density at radius 3 is 2.69 bits per heavy atom. The Balaban J connectivity index is 1.58. The fourth-order valence-corrected chi connectivity index (χ4v) is 4.64. The highest BCUT2D eigenvalue weighted by Crippen LogP contribution is 2.33. The van der Waals surface area contributed by atoms with Crippen LogP contribution in [0.15, 0.2) is 73.1 Å². The predicted octanol–water partition coefficient (Wildman–Crippen LogP) is 5.14. The van der Waals surface area contributed by atoms with Crippen molar-refractivity contribution < 1.29 is 13.9 Å². The molecule has 0 N–H and O–H groups in total. The Morgan fingerprint density at radius 2 is 1.94 bits per heavy atom. The average Bonchev–Trinajstić information content (AvgIpc) is 3.47. The molecule has 6 nitrogen and oxygen atoms in total. The van der Waals surface area contributed by atoms with Gasteiger partial charge in [0.05, 0.1) is 29.4 Å². The molecule has 0 bridgehead atoms. The summed E-state index contributed by atoms with van der Waals surface area (Å²) in [5.41, 5.74) is 1.09. The normalized spacial score (nSPS) is 11.2. The summed E-state index contributed by atoms with van der Waals surface area (Å²) < 4.78 is 21.7. The molecule has 5 rings (SSSR count). The minimum Gasteiger partial charge on any atom is -0.496 e. The molecule has 2 aromatic heterocycles. The van der Waals surface area contributed by atoms with Crippen LogP contribution in [0.5, 0.6) is 5.75 Å². The first-order valence-corrected chi connectivity index (χ1v) is 10.9. The maximum Gasteiger partial charge on any atom is 0.263 e. The summed E-state index contributed by atoms with van der Waals surface area (Å²) in [5.74, 6) is -0.0810. The number of nitrogens with zero attached hydrogens (tertiary/aromatic N) is 4. The number of fused-ring (bicyclic) bond motifs is 2. The third-order valence-corrected chi connectivity index (χ3v) is 6.27. The highest BCUT2D eigenvalue weighted by atomic mass is 32.1. The number of methoxy groups -OCH3 is 1. The summed E-state index contributed by atoms with van der Waals surface area (Å²) in [6.07, 6.45) is 3.53. The zero-order valence-electron chi connectivity index (χ0n) is 17.2. The van der Waals surface area contributed by atoms with E-state index in [1.165, 1.54) is 23.5 Å². The molecule has 0 spiro atoms. The minimum absolute atomic E-state index is 0.237. The van der Waals surface area contributed by atoms with Crippen molar-refractivity contribution in [1.29, 1.82) is 0 Å². The lowest BCUT2D eigenvalue weighted by Crippen LogP contribution is -2.34. The van der Waals surface area contributed by atoms with E-state index in [0.717, 1.165) is 10.8 Å². The number of anilines is 1. The first kappa shape index (κ1) is 20.1. The maximum absolute atomic E-state index is 13.8. The molecule has 0 saturated heterocycles. The number of halogens is 1. The van der Waals surface area contributed by atoms with Gasteiger partial charge in [-0.05, 0) is 47.2 Å². The van der Waals surface area contributed by atoms with Gasteiger partial charge in [-0.3, -0.25) is 14.4 Å². The number of rotatable bonds is 6. The second kappa shape index (κ2) is 8.39. The zero-order chi connectivity index (χ0) is 22.1. The number of aromatic nitrogens is 3. The number of thiazole rings is 1. The lowest BCUT2D eigenvalue weighted by Gasteiger charge is -2.21. The first-order valence-electron chi connectivity index (χ1n) is 10.0. The quantitative estimate of drug-likeness (QED) is 0.362. The van der Waals surface area contributed by atoms with E-state index in [2.05, 4.69) is 10.1 Å². The number of hydrogen-bond donors (Lipinski definition) is 0. The van der Waals surface area contributed by atoms with Gasteiger partial charge in [0.25, 0.3) is 5.91 Å². The molecule has 32 heavy (non-hydrogen) atoms. The van der Waals surface area contributed by atoms with Gasteiger partial charge in [-0.2, -0.15) is 5.10 Å². The van der Waals surface area contributed by atoms with E-state index in [1.807, 2.05) is 48.7 Å². The van der Waals surface area contributed by atoms with Crippen LogP contribution in [-0.2, 0) is 6.54 Å². The third-order valence-electron chi connectivity index (χ3n) is 5.23. The predicted molar refractivity (Wildman–Crippen MR) is 124 cm³/mol. The zero-order valence-corrected chi connectivity index (χ0v) is 18.1. The van der Waals surface area contributed by atoms with Gasteiger partial charge < -0.3 is 4.74 Å². The van der Waals surface area contributed by atoms with Crippen LogP contribution in [0.4, 0.5) is 9.52 Å². The lowest BCUT2D eigenvalue weighted by molar-refractivity contribution is 0.0983. The van der Waals surface area contributed by atoms with Gasteiger partial charge in [0, 0.05) is 18.9 Å². The van der Waals surface area contributed by atoms with E-state index in [9.17, 15) is 9.18 Å². The number of hydrogen-bond acceptors (Lipinski definition) is 5. The van der Waals surface area contributed by atoms with Crippen molar-refractivity contribution >= 4 is 43.4 Å². The SMILES string of the molecule is COc1cc2ccccc2cc1C(=O)N(CCn1cccn1)c1nc2ccc(F)cc2s1. The maximum atomic E-state index is 13.8. The molecule has 0 atom stereocenters. The topological polar surface area (TPSA) is 60.2 Å². The third kappa shape index (κ3) is 3.80. The Labute approximate surface area is 187 Å². The molecule has 5 aromatic rings. The van der Waals surface area contributed by atoms with E-state index < -0.39 is 0 Å². The Bertz CT molecular complexity index is 1410. The summed E-state index contributed by atoms with van der Waals surface area (Å²) in [5, 5.41) is 6.65. The van der Waals surface area contributed by atoms with E-state index >= 15 is 0 Å². The molecule has 3 aromatic carbocycles. The number of carbonyl (C=O) groups excluding carboxylic acids is 1. The molecule has 0 radical (unpaired) electrons. The Hall–Kier alpha value is -3.78. The van der Waals surface area contributed by atoms with Gasteiger partial charge in [-0.1, -0.05) is 35.6 Å². The summed E-state index contributed by atoms with van der Waals surface area (Å²) >= 11 is 1.28. The van der Waals surface area contributed by atoms with Crippen LogP contribution >= 0.6 is 11.3 Å². The van der Waals surface area contributed by atoms with Gasteiger partial charge in [-0.15, -0.1) is 0 Å². The summed E-state index contributed by atoms with van der Waals surface area (Å²) in [6.45, 7) is 0.831. The summed E-state index contributed by atoms with van der Waals surface area (Å²) in [4.78, 5) is 20.0. The van der Waals surface area contributed by atoms with Gasteiger partial charge >= 0.3 is 0 Å². The number of ether oxygens (including phenoxy) is 1. The molecular formula is C24H19FN4O2S. The standard InChI is InChI=1S/C24H19FN4O2S/c1-31-21-14-17-6-3-2-5-16(17)13-19(21)23(30)29(12-11-28-10-4-9-26-28)24-27-20-8-7-18(25)15-22(20)32-24/h2-10,13-15H,11-12H2,1H3. The van der Waals surface area contributed by atoms with E-state index in [0.29, 0.717) is 39.8 Å². The number of benzene rings is 3. The molecule has 8 heteroatoms. The molecule has 0 aliphatic heterocycles. The van der Waals surface area contributed by atoms with Crippen molar-refractivity contribution in [1.82, 2.24) is 14.8 Å². The molecule has 0 unspecified atom stereocenters. The van der Waals surface area contributed by atoms with Crippen molar-refractivity contribution in [2.24, 2.45) is 0 Å². The van der Waals surface area contributed by atoms with Crippen LogP contribution in [0.25, 0.3) is 21.0 Å². The second-order valence-electron chi connectivity index (χ2n) is 7.23. The molecule has 2 heterocycles. The number of carbonyl (C=O) groups is 1. The van der Waals surface area contributed by atoms with Crippen molar-refractivity contribution in [3.63, 3.8) is 0 Å². The van der Waals surface area contributed by atoms with Crippen LogP contribution in [0.2, 0.25) is 0 Å². The fraction of sp³-hybridized carbons (Fsp3) is 0.125. The smallest absolute Gasteiger partial charge is 0.263 e. The molecule has 160 valence electrons. The van der Waals surface area contributed by atoms with Crippen LogP contribution in [0, 0.1) is 5.82 Å². The fourth-order valence-electron chi connectivity index (χ4n) is 3.62. The van der Waals surface area contributed by atoms with Crippen molar-refractivity contribution in [2.45, 2.75) is 6.54 Å². The van der Waals surface area contributed by atoms with E-state index in [1.54, 1.807) is 29.0 Å². The first-order chi connectivity index (χ1) is 15.6. The van der Waals surface area contributed by atoms with Crippen molar-refractivity contribution in [3.8, 4) is 5.75 Å². The lowest BCUT2D eigenvalue weighted by atomic mass is 10.0. The summed E-state index contributed by atoms with van der Waals surface area (Å²) in [6, 6.07) is 17.8. The van der Waals surface area contributed by atoms with E-state index in [-0.39, 0.29) is 11.7 Å². The Kier molecular flexibility index (Phi) is 5.28. The molecule has 0 saturated carbocycles. The number of amides is 1. The Morgan fingerprint density at radius 1 is 1.12 bits per heavy atom. The second-order valence-corrected chi connectivity index (χ2v) is 8.24. The minimum atomic E-state index is -0.335. The molecule has 0 fully saturated rings. The highest BCUT2D eigenvalue weighted by molar-refractivity contribution is 7.22. The highest BCUT2D eigenvalue weighted by Gasteiger charge is 2.25. The van der Waals surface area contributed by atoms with Gasteiger partial charge in [0.1, 0.15) is 11.6 Å². The molecule has 0 aliphatic rings. The van der Waals surface area contributed by atoms with Crippen LogP contribution in [-0.4, -0.2) is 34.3 Å². The summed E-state index contributed by atoms with van der Waals surface area (Å²) in [7, 11) is 1.55. The average molecular weight is 447 g/mol. The van der Waals surface area contributed by atoms with Gasteiger partial charge in [0.2, 0.25) is 0 Å². The van der Waals surface area contributed by atoms with Crippen molar-refractivity contribution in [3.05, 3.63) is 84.4 Å². The monoisotopic (exact) mass is 446 g/mol. The largest absolute Gasteiger partial charge is 0.496 e.